The van der Waals surface area contributed by atoms with Gasteiger partial charge in [0, 0.05) is 22.7 Å². The molecule has 0 saturated heterocycles. The molecule has 27 heavy (non-hydrogen) atoms. The van der Waals surface area contributed by atoms with Crippen LogP contribution in [0.1, 0.15) is 94.9 Å². The molecule has 4 nitrogen and oxygen atoms in total. The molecule has 160 valence electrons. The zero-order valence-electron chi connectivity index (χ0n) is 20.0. The van der Waals surface area contributed by atoms with Gasteiger partial charge >= 0.3 is 0 Å². The summed E-state index contributed by atoms with van der Waals surface area (Å²) in [6.07, 6.45) is 3.82. The van der Waals surface area contributed by atoms with E-state index in [1.165, 1.54) is 0 Å². The number of nitrogens with one attached hydrogen (secondary N) is 3. The van der Waals surface area contributed by atoms with E-state index in [2.05, 4.69) is 84.8 Å². The molecule has 1 amide bonds. The molecule has 0 heterocycles. The van der Waals surface area contributed by atoms with Crippen molar-refractivity contribution in [1.82, 2.24) is 16.0 Å². The van der Waals surface area contributed by atoms with Gasteiger partial charge in [-0.15, -0.1) is 0 Å². The minimum Gasteiger partial charge on any atom is -0.383 e. The molecule has 1 unspecified atom stereocenters. The Kier molecular flexibility index (Phi) is 9.09. The van der Waals surface area contributed by atoms with Gasteiger partial charge in [-0.2, -0.15) is 0 Å². The molecule has 4 heteroatoms. The van der Waals surface area contributed by atoms with Crippen LogP contribution >= 0.6 is 0 Å². The highest BCUT2D eigenvalue weighted by atomic mass is 16.2. The fraction of sp³-hybridized carbons (Fsp3) is 0.870. The average Bonchev–Trinajstić information content (AvgIpc) is 2.53. The molecular weight excluding hydrogens is 334 g/mol. The first-order valence-corrected chi connectivity index (χ1v) is 10.5. The minimum atomic E-state index is -0.325. The van der Waals surface area contributed by atoms with E-state index in [4.69, 9.17) is 0 Å². The molecule has 0 aliphatic heterocycles. The van der Waals surface area contributed by atoms with Gasteiger partial charge < -0.3 is 16.0 Å². The van der Waals surface area contributed by atoms with Crippen LogP contribution in [0.3, 0.4) is 0 Å². The van der Waals surface area contributed by atoms with Gasteiger partial charge in [-0.05, 0) is 79.7 Å². The van der Waals surface area contributed by atoms with Crippen LogP contribution in [-0.4, -0.2) is 29.6 Å². The van der Waals surface area contributed by atoms with E-state index >= 15 is 0 Å². The Labute approximate surface area is 169 Å². The number of hydrogen-bond donors (Lipinski definition) is 3. The second-order valence-corrected chi connectivity index (χ2v) is 10.4. The summed E-state index contributed by atoms with van der Waals surface area (Å²) >= 11 is 0. The third-order valence-electron chi connectivity index (χ3n) is 7.25. The van der Waals surface area contributed by atoms with Gasteiger partial charge in [0.2, 0.25) is 5.91 Å². The van der Waals surface area contributed by atoms with Gasteiger partial charge in [0.25, 0.3) is 0 Å². The molecule has 0 radical (unpaired) electrons. The number of hydrogen-bond acceptors (Lipinski definition) is 3. The first kappa shape index (κ1) is 26.0. The predicted octanol–water partition coefficient (Wildman–Crippen LogP) is 5.00. The molecule has 1 atom stereocenters. The molecule has 0 spiro atoms. The molecule has 0 saturated carbocycles. The van der Waals surface area contributed by atoms with Gasteiger partial charge in [0.1, 0.15) is 0 Å². The Morgan fingerprint density at radius 2 is 1.44 bits per heavy atom. The molecule has 0 fully saturated rings. The zero-order valence-corrected chi connectivity index (χ0v) is 20.0. The molecular formula is C23H47N3O. The fourth-order valence-corrected chi connectivity index (χ4v) is 2.77. The number of rotatable bonds is 12. The summed E-state index contributed by atoms with van der Waals surface area (Å²) < 4.78 is 0. The van der Waals surface area contributed by atoms with E-state index in [0.29, 0.717) is 0 Å². The van der Waals surface area contributed by atoms with E-state index < -0.39 is 0 Å². The van der Waals surface area contributed by atoms with Crippen LogP contribution in [0.25, 0.3) is 0 Å². The monoisotopic (exact) mass is 381 g/mol. The summed E-state index contributed by atoms with van der Waals surface area (Å²) in [5, 5.41) is 10.1. The van der Waals surface area contributed by atoms with Crippen molar-refractivity contribution in [2.75, 3.05) is 7.05 Å². The summed E-state index contributed by atoms with van der Waals surface area (Å²) in [6.45, 7) is 25.8. The molecule has 0 aliphatic carbocycles. The van der Waals surface area contributed by atoms with E-state index in [1.54, 1.807) is 0 Å². The van der Waals surface area contributed by atoms with Crippen LogP contribution in [0.5, 0.6) is 0 Å². The Morgan fingerprint density at radius 3 is 1.89 bits per heavy atom. The predicted molar refractivity (Wildman–Crippen MR) is 119 cm³/mol. The lowest BCUT2D eigenvalue weighted by atomic mass is 9.72. The number of amides is 1. The maximum absolute atomic E-state index is 12.6. The normalized spacial score (nSPS) is 14.6. The van der Waals surface area contributed by atoms with Crippen molar-refractivity contribution in [3.05, 3.63) is 12.3 Å². The van der Waals surface area contributed by atoms with Gasteiger partial charge in [0.05, 0.1) is 5.54 Å². The van der Waals surface area contributed by atoms with Gasteiger partial charge in [-0.25, -0.2) is 0 Å². The summed E-state index contributed by atoms with van der Waals surface area (Å²) in [5.74, 6) is 0.110. The number of likely N-dealkylation sites (N-methyl/N-ethyl adjacent to an activating group) is 1. The standard InChI is InChI=1S/C23H47N3O/c1-13-20(4,5)21(6,7)25-18(3)16-14-15-17(2)19(27)26-23(10,11)22(8,9)24-12/h17,24-25H,3,13-16H2,1-2,4-12H3,(H,26,27). The van der Waals surface area contributed by atoms with E-state index in [1.807, 2.05) is 14.0 Å². The van der Waals surface area contributed by atoms with Crippen LogP contribution < -0.4 is 16.0 Å². The quantitative estimate of drug-likeness (QED) is 0.446. The average molecular weight is 382 g/mol. The van der Waals surface area contributed by atoms with Crippen molar-refractivity contribution < 1.29 is 4.79 Å². The molecule has 0 aromatic rings. The highest BCUT2D eigenvalue weighted by Gasteiger charge is 2.38. The highest BCUT2D eigenvalue weighted by molar-refractivity contribution is 5.79. The van der Waals surface area contributed by atoms with E-state index in [0.717, 1.165) is 31.4 Å². The van der Waals surface area contributed by atoms with Gasteiger partial charge in [-0.1, -0.05) is 34.3 Å². The third-order valence-corrected chi connectivity index (χ3v) is 7.25. The van der Waals surface area contributed by atoms with Crippen LogP contribution in [0.15, 0.2) is 12.3 Å². The summed E-state index contributed by atoms with van der Waals surface area (Å²) in [5.41, 5.74) is 0.733. The van der Waals surface area contributed by atoms with Crippen molar-refractivity contribution >= 4 is 5.91 Å². The molecule has 3 N–H and O–H groups in total. The highest BCUT2D eigenvalue weighted by Crippen LogP contribution is 2.34. The Hall–Kier alpha value is -1.03. The van der Waals surface area contributed by atoms with E-state index in [9.17, 15) is 4.79 Å². The fourth-order valence-electron chi connectivity index (χ4n) is 2.77. The second-order valence-electron chi connectivity index (χ2n) is 10.4. The van der Waals surface area contributed by atoms with Gasteiger partial charge in [-0.3, -0.25) is 4.79 Å². The smallest absolute Gasteiger partial charge is 0.223 e. The summed E-state index contributed by atoms with van der Waals surface area (Å²) in [6, 6.07) is 0. The van der Waals surface area contributed by atoms with Crippen molar-refractivity contribution in [3.63, 3.8) is 0 Å². The van der Waals surface area contributed by atoms with Crippen molar-refractivity contribution in [1.29, 1.82) is 0 Å². The topological polar surface area (TPSA) is 53.2 Å². The molecule has 0 aromatic heterocycles. The van der Waals surface area contributed by atoms with Crippen LogP contribution in [0.4, 0.5) is 0 Å². The SMILES string of the molecule is C=C(CCCC(C)C(=O)NC(C)(C)C(C)(C)NC)NC(C)(C)C(C)(C)CC. The van der Waals surface area contributed by atoms with Gasteiger partial charge in [0.15, 0.2) is 0 Å². The molecule has 0 aliphatic rings. The van der Waals surface area contributed by atoms with Crippen LogP contribution in [-0.2, 0) is 4.79 Å². The Morgan fingerprint density at radius 1 is 0.926 bits per heavy atom. The Balaban J connectivity index is 4.54. The molecule has 0 aromatic carbocycles. The minimum absolute atomic E-state index is 0.00934. The van der Waals surface area contributed by atoms with Crippen molar-refractivity contribution in [2.45, 2.75) is 112 Å². The first-order chi connectivity index (χ1) is 12.0. The summed E-state index contributed by atoms with van der Waals surface area (Å²) in [4.78, 5) is 12.6. The van der Waals surface area contributed by atoms with Crippen molar-refractivity contribution in [3.8, 4) is 0 Å². The first-order valence-electron chi connectivity index (χ1n) is 10.5. The number of carbonyl (C=O) groups excluding carboxylic acids is 1. The lowest BCUT2D eigenvalue weighted by molar-refractivity contribution is -0.127. The largest absolute Gasteiger partial charge is 0.383 e. The van der Waals surface area contributed by atoms with E-state index in [-0.39, 0.29) is 33.9 Å². The lowest BCUT2D eigenvalue weighted by Gasteiger charge is -2.43. The van der Waals surface area contributed by atoms with Crippen LogP contribution in [0, 0.1) is 11.3 Å². The second kappa shape index (κ2) is 9.45. The molecule has 0 bridgehead atoms. The van der Waals surface area contributed by atoms with Crippen molar-refractivity contribution in [2.24, 2.45) is 11.3 Å². The summed E-state index contributed by atoms with van der Waals surface area (Å²) in [7, 11) is 1.93. The zero-order chi connectivity index (χ0) is 21.7. The Bertz CT molecular complexity index is 504. The van der Waals surface area contributed by atoms with Crippen LogP contribution in [0.2, 0.25) is 0 Å². The molecule has 0 rings (SSSR count). The maximum atomic E-state index is 12.6. The lowest BCUT2D eigenvalue weighted by Crippen LogP contribution is -2.64. The number of carbonyl (C=O) groups is 1. The third kappa shape index (κ3) is 7.14. The number of allylic oxidation sites excluding steroid dienone is 1. The maximum Gasteiger partial charge on any atom is 0.223 e.